The average molecular weight is 642 g/mol. The Morgan fingerprint density at radius 2 is 1.13 bits per heavy atom. The zero-order chi connectivity index (χ0) is 33.2. The van der Waals surface area contributed by atoms with E-state index in [-0.39, 0.29) is 57.1 Å². The molecule has 3 radical (unpaired) electrons. The largest absolute Gasteiger partial charge is 1.00 e. The second-order valence-corrected chi connectivity index (χ2v) is 12.3. The van der Waals surface area contributed by atoms with E-state index in [1.165, 1.54) is 43.4 Å². The average Bonchev–Trinajstić information content (AvgIpc) is 3.25. The van der Waals surface area contributed by atoms with Crippen molar-refractivity contribution in [3.63, 3.8) is 0 Å². The molecule has 0 bridgehead atoms. The number of unbranched alkanes of at least 4 members (excludes halogenated alkanes) is 4. The number of carboxylic acid groups (broad SMARTS) is 1. The van der Waals surface area contributed by atoms with Gasteiger partial charge >= 0.3 is 35.5 Å². The molecule has 0 aromatic heterocycles. The van der Waals surface area contributed by atoms with Crippen molar-refractivity contribution >= 4 is 26.2 Å². The van der Waals surface area contributed by atoms with E-state index in [0.717, 1.165) is 51.0 Å². The molecular formula is C36H67BN2NaO5. The van der Waals surface area contributed by atoms with Crippen LogP contribution in [-0.4, -0.2) is 61.0 Å². The van der Waals surface area contributed by atoms with Crippen molar-refractivity contribution < 1.29 is 55.6 Å². The summed E-state index contributed by atoms with van der Waals surface area (Å²) < 4.78 is 0. The fourth-order valence-corrected chi connectivity index (χ4v) is 4.31. The molecule has 1 aromatic rings. The molecule has 0 saturated heterocycles. The first-order chi connectivity index (χ1) is 20.4. The van der Waals surface area contributed by atoms with Gasteiger partial charge in [-0.3, -0.25) is 19.3 Å². The Morgan fingerprint density at radius 1 is 0.756 bits per heavy atom. The molecule has 0 saturated carbocycles. The summed E-state index contributed by atoms with van der Waals surface area (Å²) in [4.78, 5) is 35.8. The quantitative estimate of drug-likeness (QED) is 0.157. The minimum absolute atomic E-state index is 0. The van der Waals surface area contributed by atoms with Gasteiger partial charge in [0, 0.05) is 21.6 Å². The van der Waals surface area contributed by atoms with Gasteiger partial charge in [-0.1, -0.05) is 119 Å². The number of aliphatic hydroxyl groups is 1. The third-order valence-electron chi connectivity index (χ3n) is 7.65. The molecule has 1 aromatic carbocycles. The van der Waals surface area contributed by atoms with Crippen LogP contribution in [0.2, 0.25) is 0 Å². The number of rotatable bonds is 17. The summed E-state index contributed by atoms with van der Waals surface area (Å²) in [7, 11) is 0. The first-order valence-electron chi connectivity index (χ1n) is 16.9. The van der Waals surface area contributed by atoms with E-state index in [4.69, 9.17) is 15.9 Å². The summed E-state index contributed by atoms with van der Waals surface area (Å²) >= 11 is 0. The number of aliphatic carboxylic acids is 1. The summed E-state index contributed by atoms with van der Waals surface area (Å²) in [5.74, 6) is 0.489. The van der Waals surface area contributed by atoms with Gasteiger partial charge in [0.2, 0.25) is 0 Å². The van der Waals surface area contributed by atoms with Crippen molar-refractivity contribution in [3.8, 4) is 0 Å². The maximum absolute atomic E-state index is 12.1. The molecule has 2 rings (SSSR count). The van der Waals surface area contributed by atoms with E-state index < -0.39 is 5.97 Å². The Balaban J connectivity index is -0.000000173. The van der Waals surface area contributed by atoms with Gasteiger partial charge in [-0.2, -0.15) is 0 Å². The van der Waals surface area contributed by atoms with Gasteiger partial charge in [-0.15, -0.1) is 0 Å². The number of nitrogens with two attached hydrogens (primary N) is 1. The fourth-order valence-electron chi connectivity index (χ4n) is 4.31. The number of hydrogen-bond acceptors (Lipinski definition) is 5. The van der Waals surface area contributed by atoms with Crippen LogP contribution in [0.25, 0.3) is 0 Å². The molecule has 45 heavy (non-hydrogen) atoms. The van der Waals surface area contributed by atoms with Crippen molar-refractivity contribution in [2.75, 3.05) is 19.7 Å². The molecule has 0 spiro atoms. The Morgan fingerprint density at radius 3 is 1.49 bits per heavy atom. The Labute approximate surface area is 302 Å². The number of imide groups is 1. The molecule has 9 heteroatoms. The van der Waals surface area contributed by atoms with Crippen LogP contribution < -0.4 is 35.3 Å². The summed E-state index contributed by atoms with van der Waals surface area (Å²) in [6, 6.07) is 7.06. The smallest absolute Gasteiger partial charge is 1.00 e. The molecule has 0 unspecified atom stereocenters. The summed E-state index contributed by atoms with van der Waals surface area (Å²) in [5.41, 5.74) is 6.51. The minimum Gasteiger partial charge on any atom is -1.00 e. The molecule has 2 amide bonds. The summed E-state index contributed by atoms with van der Waals surface area (Å²) in [6.07, 6.45) is 13.9. The second-order valence-electron chi connectivity index (χ2n) is 12.3. The van der Waals surface area contributed by atoms with Crippen LogP contribution in [0.4, 0.5) is 0 Å². The number of carbonyl (C=O) groups excluding carboxylic acids is 2. The number of aliphatic hydroxyl groups excluding tert-OH is 1. The predicted molar refractivity (Wildman–Crippen MR) is 187 cm³/mol. The van der Waals surface area contributed by atoms with Gasteiger partial charge in [-0.05, 0) is 62.1 Å². The van der Waals surface area contributed by atoms with Crippen molar-refractivity contribution in [1.82, 2.24) is 4.90 Å². The van der Waals surface area contributed by atoms with Crippen molar-refractivity contribution in [3.05, 3.63) is 35.4 Å². The predicted octanol–water partition coefficient (Wildman–Crippen LogP) is 5.32. The first-order valence-corrected chi connectivity index (χ1v) is 16.9. The van der Waals surface area contributed by atoms with Gasteiger partial charge in [-0.25, -0.2) is 0 Å². The maximum Gasteiger partial charge on any atom is 1.00 e. The first kappa shape index (κ1) is 50.7. The molecule has 4 N–H and O–H groups in total. The van der Waals surface area contributed by atoms with E-state index in [9.17, 15) is 14.4 Å². The van der Waals surface area contributed by atoms with Crippen molar-refractivity contribution in [2.24, 2.45) is 29.4 Å². The Hall–Kier alpha value is -1.19. The van der Waals surface area contributed by atoms with Crippen LogP contribution in [0.1, 0.15) is 155 Å². The van der Waals surface area contributed by atoms with Crippen LogP contribution in [0.5, 0.6) is 0 Å². The molecule has 0 fully saturated rings. The Kier molecular flexibility index (Phi) is 36.9. The SMILES string of the molecule is CCCC[C@@H](C)C(=O)O.CCCC[C@@H](C)CN.CCCC[C@@H](C)CN1C(=O)c2ccccc2C1=O.CCCC[C@@H](C)CO.[B].[H-].[Na+]. The van der Waals surface area contributed by atoms with Gasteiger partial charge < -0.3 is 17.4 Å². The van der Waals surface area contributed by atoms with Gasteiger partial charge in [0.05, 0.1) is 17.0 Å². The van der Waals surface area contributed by atoms with Crippen LogP contribution in [0.3, 0.4) is 0 Å². The number of carboxylic acids is 1. The topological polar surface area (TPSA) is 121 Å². The molecule has 0 aliphatic carbocycles. The van der Waals surface area contributed by atoms with E-state index in [0.29, 0.717) is 36.1 Å². The monoisotopic (exact) mass is 642 g/mol. The molecule has 7 nitrogen and oxygen atoms in total. The summed E-state index contributed by atoms with van der Waals surface area (Å²) in [6.45, 7) is 18.4. The molecule has 1 aliphatic heterocycles. The number of nitrogens with zero attached hydrogens (tertiary/aromatic N) is 1. The number of amides is 2. The number of fused-ring (bicyclic) bond motifs is 1. The minimum atomic E-state index is -0.677. The molecular weight excluding hydrogens is 574 g/mol. The van der Waals surface area contributed by atoms with Crippen LogP contribution >= 0.6 is 0 Å². The van der Waals surface area contributed by atoms with Gasteiger partial charge in [0.15, 0.2) is 0 Å². The zero-order valence-electron chi connectivity index (χ0n) is 31.4. The fraction of sp³-hybridized carbons (Fsp3) is 0.750. The second kappa shape index (κ2) is 32.7. The number of benzene rings is 1. The Bertz CT molecular complexity index is 832. The number of carbonyl (C=O) groups is 3. The number of hydrogen-bond donors (Lipinski definition) is 3. The van der Waals surface area contributed by atoms with E-state index >= 15 is 0 Å². The van der Waals surface area contributed by atoms with Crippen molar-refractivity contribution in [2.45, 2.75) is 132 Å². The standard InChI is InChI=1S/C15H19NO2.C7H17N.C7H14O2.C7H16O.B.Na.H/c1-3-4-7-11(2)10-16-14(17)12-8-5-6-9-13(12)15(16)18;1-3-4-5-7(2)6-8;1-3-4-5-6(2)7(8)9;1-3-4-5-7(2)6-8;;;/h5-6,8-9,11H,3-4,7,10H2,1-2H3;7H,3-6,8H2,1-2H3;6H,3-5H2,1-2H3,(H,8,9);7-8H,3-6H2,1-2H3;;;/q;;;;;+1;-1/t11-;7-;6-;7-;;;/m1111.../s1. The van der Waals surface area contributed by atoms with E-state index in [1.54, 1.807) is 31.2 Å². The van der Waals surface area contributed by atoms with Crippen molar-refractivity contribution in [1.29, 1.82) is 0 Å². The molecule has 4 atom stereocenters. The summed E-state index contributed by atoms with van der Waals surface area (Å²) in [5, 5.41) is 17.0. The van der Waals surface area contributed by atoms with Crippen LogP contribution in [-0.2, 0) is 4.79 Å². The maximum atomic E-state index is 12.1. The normalized spacial score (nSPS) is 14.0. The third-order valence-corrected chi connectivity index (χ3v) is 7.65. The van der Waals surface area contributed by atoms with Gasteiger partial charge in [0.25, 0.3) is 11.8 Å². The molecule has 1 aliphatic rings. The van der Waals surface area contributed by atoms with Crippen LogP contribution in [0.15, 0.2) is 24.3 Å². The molecule has 1 heterocycles. The van der Waals surface area contributed by atoms with Crippen LogP contribution in [0, 0.1) is 23.7 Å². The van der Waals surface area contributed by atoms with Gasteiger partial charge in [0.1, 0.15) is 0 Å². The zero-order valence-corrected chi connectivity index (χ0v) is 32.4. The van der Waals surface area contributed by atoms with E-state index in [2.05, 4.69) is 48.5 Å². The van der Waals surface area contributed by atoms with E-state index in [1.807, 2.05) is 0 Å². The third kappa shape index (κ3) is 24.6. The molecule has 255 valence electrons.